The van der Waals surface area contributed by atoms with E-state index in [-0.39, 0.29) is 17.5 Å². The summed E-state index contributed by atoms with van der Waals surface area (Å²) in [6.07, 6.45) is -0.339. The van der Waals surface area contributed by atoms with Gasteiger partial charge in [-0.1, -0.05) is 6.92 Å². The average molecular weight is 320 g/mol. The predicted octanol–water partition coefficient (Wildman–Crippen LogP) is -0.233. The van der Waals surface area contributed by atoms with Gasteiger partial charge in [0.05, 0.1) is 24.1 Å². The van der Waals surface area contributed by atoms with Crippen LogP contribution in [0.4, 0.5) is 0 Å². The Balaban J connectivity index is 2.84. The number of ether oxygens (including phenoxy) is 2. The molecule has 1 atom stereocenters. The van der Waals surface area contributed by atoms with Crippen molar-refractivity contribution in [3.05, 3.63) is 11.4 Å². The minimum absolute atomic E-state index is 0.137. The summed E-state index contributed by atoms with van der Waals surface area (Å²) in [6.45, 7) is 5.20. The van der Waals surface area contributed by atoms with Gasteiger partial charge in [-0.3, -0.25) is 5.10 Å². The van der Waals surface area contributed by atoms with Crippen LogP contribution in [0.5, 0.6) is 0 Å². The van der Waals surface area contributed by atoms with Gasteiger partial charge in [0.25, 0.3) is 0 Å². The van der Waals surface area contributed by atoms with E-state index in [1.807, 2.05) is 6.92 Å². The van der Waals surface area contributed by atoms with Crippen molar-refractivity contribution in [3.8, 4) is 0 Å². The van der Waals surface area contributed by atoms with Crippen molar-refractivity contribution in [2.75, 3.05) is 33.9 Å². The van der Waals surface area contributed by atoms with Crippen molar-refractivity contribution < 1.29 is 17.9 Å². The Morgan fingerprint density at radius 2 is 2.10 bits per heavy atom. The maximum Gasteiger partial charge on any atom is 0.244 e. The zero-order valence-electron chi connectivity index (χ0n) is 12.9. The van der Waals surface area contributed by atoms with Crippen molar-refractivity contribution in [1.29, 1.82) is 0 Å². The molecule has 0 saturated heterocycles. The molecule has 3 N–H and O–H groups in total. The van der Waals surface area contributed by atoms with Gasteiger partial charge in [0.2, 0.25) is 10.0 Å². The molecule has 122 valence electrons. The molecule has 1 unspecified atom stereocenters. The summed E-state index contributed by atoms with van der Waals surface area (Å²) in [5, 5.41) is 9.82. The second-order valence-corrected chi connectivity index (χ2v) is 6.27. The molecule has 0 spiro atoms. The van der Waals surface area contributed by atoms with Crippen LogP contribution in [0.3, 0.4) is 0 Å². The lowest BCUT2D eigenvalue weighted by atomic mass is 10.3. The lowest BCUT2D eigenvalue weighted by Crippen LogP contribution is -2.36. The van der Waals surface area contributed by atoms with Gasteiger partial charge < -0.3 is 14.8 Å². The van der Waals surface area contributed by atoms with E-state index in [0.717, 1.165) is 6.54 Å². The number of nitrogens with one attached hydrogen (secondary N) is 3. The van der Waals surface area contributed by atoms with Crippen molar-refractivity contribution >= 4 is 10.0 Å². The molecule has 0 fully saturated rings. The molecule has 0 bridgehead atoms. The Kier molecular flexibility index (Phi) is 7.26. The van der Waals surface area contributed by atoms with Gasteiger partial charge in [-0.15, -0.1) is 0 Å². The number of aryl methyl sites for hydroxylation is 1. The van der Waals surface area contributed by atoms with E-state index in [1.165, 1.54) is 14.2 Å². The quantitative estimate of drug-likeness (QED) is 0.550. The SMILES string of the molecule is CCNCc1n[nH]c(C)c1S(=O)(=O)NCC(COC)OC. The Bertz CT molecular complexity index is 529. The Labute approximate surface area is 125 Å². The highest BCUT2D eigenvalue weighted by Gasteiger charge is 2.24. The molecular formula is C12H24N4O4S. The number of nitrogens with zero attached hydrogens (tertiary/aromatic N) is 1. The maximum atomic E-state index is 12.4. The Morgan fingerprint density at radius 3 is 2.67 bits per heavy atom. The Hall–Kier alpha value is -1.00. The van der Waals surface area contributed by atoms with Crippen LogP contribution in [-0.2, 0) is 26.0 Å². The normalized spacial score (nSPS) is 13.5. The van der Waals surface area contributed by atoms with Crippen LogP contribution >= 0.6 is 0 Å². The van der Waals surface area contributed by atoms with E-state index in [9.17, 15) is 8.42 Å². The van der Waals surface area contributed by atoms with Gasteiger partial charge in [-0.2, -0.15) is 5.10 Å². The number of aromatic nitrogens is 2. The van der Waals surface area contributed by atoms with Crippen molar-refractivity contribution in [1.82, 2.24) is 20.2 Å². The first-order valence-corrected chi connectivity index (χ1v) is 8.20. The molecule has 9 heteroatoms. The lowest BCUT2D eigenvalue weighted by Gasteiger charge is -2.15. The first-order chi connectivity index (χ1) is 9.96. The number of aromatic amines is 1. The fourth-order valence-electron chi connectivity index (χ4n) is 1.86. The summed E-state index contributed by atoms with van der Waals surface area (Å²) in [5.41, 5.74) is 0.985. The first kappa shape index (κ1) is 18.1. The van der Waals surface area contributed by atoms with Crippen LogP contribution in [0.1, 0.15) is 18.3 Å². The maximum absolute atomic E-state index is 12.4. The summed E-state index contributed by atoms with van der Waals surface area (Å²) >= 11 is 0. The number of rotatable bonds is 10. The second kappa shape index (κ2) is 8.44. The van der Waals surface area contributed by atoms with Gasteiger partial charge in [-0.25, -0.2) is 13.1 Å². The number of sulfonamides is 1. The highest BCUT2D eigenvalue weighted by molar-refractivity contribution is 7.89. The molecule has 1 aromatic heterocycles. The molecule has 1 aromatic rings. The molecule has 1 rings (SSSR count). The van der Waals surface area contributed by atoms with E-state index in [1.54, 1.807) is 6.92 Å². The zero-order chi connectivity index (χ0) is 15.9. The fourth-order valence-corrected chi connectivity index (χ4v) is 3.29. The molecule has 8 nitrogen and oxygen atoms in total. The van der Waals surface area contributed by atoms with Gasteiger partial charge in [-0.05, 0) is 13.5 Å². The summed E-state index contributed by atoms with van der Waals surface area (Å²) in [7, 11) is -0.603. The van der Waals surface area contributed by atoms with Gasteiger partial charge in [0.1, 0.15) is 4.90 Å². The molecule has 21 heavy (non-hydrogen) atoms. The van der Waals surface area contributed by atoms with Crippen LogP contribution in [-0.4, -0.2) is 58.6 Å². The first-order valence-electron chi connectivity index (χ1n) is 6.72. The van der Waals surface area contributed by atoms with Crippen molar-refractivity contribution in [2.45, 2.75) is 31.4 Å². The second-order valence-electron chi connectivity index (χ2n) is 4.57. The topological polar surface area (TPSA) is 105 Å². The summed E-state index contributed by atoms with van der Waals surface area (Å²) in [6, 6.07) is 0. The molecule has 0 radical (unpaired) electrons. The molecule has 0 aliphatic carbocycles. The highest BCUT2D eigenvalue weighted by atomic mass is 32.2. The van der Waals surface area contributed by atoms with E-state index in [4.69, 9.17) is 9.47 Å². The van der Waals surface area contributed by atoms with E-state index in [0.29, 0.717) is 24.5 Å². The van der Waals surface area contributed by atoms with E-state index in [2.05, 4.69) is 20.2 Å². The van der Waals surface area contributed by atoms with E-state index >= 15 is 0 Å². The number of hydrogen-bond donors (Lipinski definition) is 3. The van der Waals surface area contributed by atoms with Crippen LogP contribution < -0.4 is 10.0 Å². The standard InChI is InChI=1S/C12H24N4O4S/c1-5-13-7-11-12(9(2)15-16-11)21(17,18)14-6-10(20-4)8-19-3/h10,13-14H,5-8H2,1-4H3,(H,15,16). The molecular weight excluding hydrogens is 296 g/mol. The molecule has 0 aliphatic rings. The largest absolute Gasteiger partial charge is 0.382 e. The third kappa shape index (κ3) is 5.04. The smallest absolute Gasteiger partial charge is 0.244 e. The summed E-state index contributed by atoms with van der Waals surface area (Å²) in [5.74, 6) is 0. The summed E-state index contributed by atoms with van der Waals surface area (Å²) < 4.78 is 37.5. The third-order valence-corrected chi connectivity index (χ3v) is 4.59. The predicted molar refractivity (Wildman–Crippen MR) is 78.6 cm³/mol. The monoisotopic (exact) mass is 320 g/mol. The molecule has 0 aliphatic heterocycles. The number of H-pyrrole nitrogens is 1. The molecule has 0 aromatic carbocycles. The van der Waals surface area contributed by atoms with Gasteiger partial charge in [0.15, 0.2) is 0 Å². The zero-order valence-corrected chi connectivity index (χ0v) is 13.7. The summed E-state index contributed by atoms with van der Waals surface area (Å²) in [4.78, 5) is 0.190. The number of methoxy groups -OCH3 is 2. The third-order valence-electron chi connectivity index (χ3n) is 2.96. The van der Waals surface area contributed by atoms with Crippen molar-refractivity contribution in [3.63, 3.8) is 0 Å². The minimum Gasteiger partial charge on any atom is -0.382 e. The Morgan fingerprint density at radius 1 is 1.38 bits per heavy atom. The minimum atomic E-state index is -3.65. The van der Waals surface area contributed by atoms with E-state index < -0.39 is 10.0 Å². The average Bonchev–Trinajstić information content (AvgIpc) is 2.83. The fraction of sp³-hybridized carbons (Fsp3) is 0.750. The molecule has 1 heterocycles. The van der Waals surface area contributed by atoms with Gasteiger partial charge in [0, 0.05) is 27.3 Å². The number of hydrogen-bond acceptors (Lipinski definition) is 6. The van der Waals surface area contributed by atoms with Gasteiger partial charge >= 0.3 is 0 Å². The molecule has 0 saturated carbocycles. The van der Waals surface area contributed by atoms with Crippen LogP contribution in [0.2, 0.25) is 0 Å². The lowest BCUT2D eigenvalue weighted by molar-refractivity contribution is 0.0320. The molecule has 0 amide bonds. The van der Waals surface area contributed by atoms with Crippen LogP contribution in [0, 0.1) is 6.92 Å². The van der Waals surface area contributed by atoms with Crippen LogP contribution in [0.25, 0.3) is 0 Å². The van der Waals surface area contributed by atoms with Crippen molar-refractivity contribution in [2.24, 2.45) is 0 Å². The van der Waals surface area contributed by atoms with Crippen LogP contribution in [0.15, 0.2) is 4.90 Å². The highest BCUT2D eigenvalue weighted by Crippen LogP contribution is 2.17.